The van der Waals surface area contributed by atoms with Gasteiger partial charge < -0.3 is 20.8 Å². The summed E-state index contributed by atoms with van der Waals surface area (Å²) in [7, 11) is -4.34. The molecular weight excluding hydrogens is 263 g/mol. The van der Waals surface area contributed by atoms with E-state index in [9.17, 15) is 9.36 Å². The average molecular weight is 278 g/mol. The Bertz CT molecular complexity index is 440. The van der Waals surface area contributed by atoms with E-state index in [0.717, 1.165) is 0 Å². The minimum Gasteiger partial charge on any atom is -0.340 e. The second-order valence-corrected chi connectivity index (χ2v) is 6.69. The molecule has 96 valence electrons. The van der Waals surface area contributed by atoms with Crippen molar-refractivity contribution < 1.29 is 19.1 Å². The fourth-order valence-corrected chi connectivity index (χ4v) is 2.17. The molecular formula is C9H15N2O4PS. The van der Waals surface area contributed by atoms with E-state index in [0.29, 0.717) is 5.56 Å². The van der Waals surface area contributed by atoms with Crippen LogP contribution in [0, 0.1) is 0 Å². The molecule has 0 spiro atoms. The zero-order valence-corrected chi connectivity index (χ0v) is 11.2. The predicted molar refractivity (Wildman–Crippen MR) is 65.5 cm³/mol. The van der Waals surface area contributed by atoms with Crippen LogP contribution in [-0.2, 0) is 14.9 Å². The van der Waals surface area contributed by atoms with Crippen molar-refractivity contribution >= 4 is 24.8 Å². The van der Waals surface area contributed by atoms with E-state index in [1.54, 1.807) is 16.8 Å². The highest BCUT2D eigenvalue weighted by Crippen LogP contribution is 2.39. The van der Waals surface area contributed by atoms with Gasteiger partial charge in [-0.2, -0.15) is 11.3 Å². The number of nitrogens with one attached hydrogen (secondary N) is 1. The van der Waals surface area contributed by atoms with Crippen molar-refractivity contribution in [1.82, 2.24) is 5.32 Å². The summed E-state index contributed by atoms with van der Waals surface area (Å²) < 4.78 is 10.9. The Hall–Kier alpha value is -0.720. The van der Waals surface area contributed by atoms with Crippen molar-refractivity contribution in [3.8, 4) is 0 Å². The minimum absolute atomic E-state index is 0.609. The second-order valence-electron chi connectivity index (χ2n) is 3.95. The standard InChI is InChI=1S/C9H15N2O4PS/c1-6(16(13,14)15)11-8(12)9(2,10)7-3-4-17-5-7/h3-6H,10H2,1-2H3,(H,11,12)(H2,13,14,15)/t6?,9-/m1/s1. The molecule has 0 aromatic carbocycles. The van der Waals surface area contributed by atoms with Gasteiger partial charge in [-0.05, 0) is 36.2 Å². The van der Waals surface area contributed by atoms with E-state index in [-0.39, 0.29) is 0 Å². The maximum atomic E-state index is 11.8. The summed E-state index contributed by atoms with van der Waals surface area (Å²) in [5, 5.41) is 5.73. The largest absolute Gasteiger partial charge is 0.347 e. The van der Waals surface area contributed by atoms with Gasteiger partial charge >= 0.3 is 7.60 Å². The molecule has 1 aromatic rings. The van der Waals surface area contributed by atoms with Crippen LogP contribution in [-0.4, -0.2) is 21.5 Å². The lowest BCUT2D eigenvalue weighted by molar-refractivity contribution is -0.126. The van der Waals surface area contributed by atoms with Crippen LogP contribution in [0.1, 0.15) is 19.4 Å². The van der Waals surface area contributed by atoms with Gasteiger partial charge in [0.1, 0.15) is 11.3 Å². The van der Waals surface area contributed by atoms with Gasteiger partial charge in [-0.3, -0.25) is 9.36 Å². The summed E-state index contributed by atoms with van der Waals surface area (Å²) in [6.07, 6.45) is 0. The summed E-state index contributed by atoms with van der Waals surface area (Å²) in [4.78, 5) is 29.6. The van der Waals surface area contributed by atoms with Crippen LogP contribution < -0.4 is 11.1 Å². The Kier molecular flexibility index (Phi) is 4.11. The zero-order chi connectivity index (χ0) is 13.3. The first-order valence-electron chi connectivity index (χ1n) is 4.83. The van der Waals surface area contributed by atoms with Crippen LogP contribution in [0.5, 0.6) is 0 Å². The molecule has 6 nitrogen and oxygen atoms in total. The van der Waals surface area contributed by atoms with E-state index >= 15 is 0 Å². The van der Waals surface area contributed by atoms with Gasteiger partial charge in [-0.25, -0.2) is 0 Å². The topological polar surface area (TPSA) is 113 Å². The van der Waals surface area contributed by atoms with Crippen LogP contribution in [0.4, 0.5) is 0 Å². The molecule has 1 unspecified atom stereocenters. The molecule has 1 heterocycles. The third kappa shape index (κ3) is 3.37. The van der Waals surface area contributed by atoms with Gasteiger partial charge in [-0.15, -0.1) is 0 Å². The van der Waals surface area contributed by atoms with Gasteiger partial charge in [0, 0.05) is 0 Å². The quantitative estimate of drug-likeness (QED) is 0.601. The smallest absolute Gasteiger partial charge is 0.340 e. The molecule has 0 radical (unpaired) electrons. The molecule has 17 heavy (non-hydrogen) atoms. The predicted octanol–water partition coefficient (Wildman–Crippen LogP) is 0.562. The molecule has 0 aliphatic carbocycles. The number of nitrogens with two attached hydrogens (primary N) is 1. The SMILES string of the molecule is CC(NC(=O)[C@](C)(N)c1ccsc1)P(=O)(O)O. The van der Waals surface area contributed by atoms with E-state index in [2.05, 4.69) is 5.32 Å². The number of amides is 1. The third-order valence-electron chi connectivity index (χ3n) is 2.44. The molecule has 0 saturated carbocycles. The molecule has 8 heteroatoms. The molecule has 0 saturated heterocycles. The highest BCUT2D eigenvalue weighted by Gasteiger charge is 2.35. The lowest BCUT2D eigenvalue weighted by Crippen LogP contribution is -2.51. The summed E-state index contributed by atoms with van der Waals surface area (Å²) in [6, 6.07) is 1.70. The lowest BCUT2D eigenvalue weighted by Gasteiger charge is -2.25. The number of hydrogen-bond donors (Lipinski definition) is 4. The normalized spacial score (nSPS) is 17.2. The van der Waals surface area contributed by atoms with E-state index < -0.39 is 24.8 Å². The maximum Gasteiger partial charge on any atom is 0.347 e. The van der Waals surface area contributed by atoms with Crippen molar-refractivity contribution in [3.05, 3.63) is 22.4 Å². The Labute approximate surface area is 103 Å². The fourth-order valence-electron chi connectivity index (χ4n) is 1.11. The third-order valence-corrected chi connectivity index (χ3v) is 4.26. The molecule has 1 aromatic heterocycles. The van der Waals surface area contributed by atoms with Gasteiger partial charge in [0.2, 0.25) is 5.91 Å². The Balaban J connectivity index is 2.81. The summed E-state index contributed by atoms with van der Waals surface area (Å²) in [5.74, 6) is -1.87. The van der Waals surface area contributed by atoms with E-state index in [4.69, 9.17) is 15.5 Å². The summed E-state index contributed by atoms with van der Waals surface area (Å²) in [5.41, 5.74) is 5.17. The first kappa shape index (κ1) is 14.3. The second kappa shape index (κ2) is 4.88. The molecule has 0 aliphatic rings. The molecule has 0 aliphatic heterocycles. The maximum absolute atomic E-state index is 11.8. The Morgan fingerprint density at radius 2 is 2.24 bits per heavy atom. The number of rotatable bonds is 4. The van der Waals surface area contributed by atoms with Crippen molar-refractivity contribution in [2.75, 3.05) is 0 Å². The van der Waals surface area contributed by atoms with Gasteiger partial charge in [0.05, 0.1) is 0 Å². The molecule has 0 bridgehead atoms. The molecule has 1 rings (SSSR count). The van der Waals surface area contributed by atoms with Crippen LogP contribution in [0.25, 0.3) is 0 Å². The summed E-state index contributed by atoms with van der Waals surface area (Å²) in [6.45, 7) is 2.74. The fraction of sp³-hybridized carbons (Fsp3) is 0.444. The van der Waals surface area contributed by atoms with Crippen LogP contribution in [0.2, 0.25) is 0 Å². The minimum atomic E-state index is -4.34. The van der Waals surface area contributed by atoms with Crippen LogP contribution in [0.15, 0.2) is 16.8 Å². The van der Waals surface area contributed by atoms with Crippen LogP contribution in [0.3, 0.4) is 0 Å². The first-order chi connectivity index (χ1) is 7.65. The number of hydrogen-bond acceptors (Lipinski definition) is 4. The van der Waals surface area contributed by atoms with Crippen molar-refractivity contribution in [1.29, 1.82) is 0 Å². The van der Waals surface area contributed by atoms with Crippen LogP contribution >= 0.6 is 18.9 Å². The van der Waals surface area contributed by atoms with Crippen molar-refractivity contribution in [3.63, 3.8) is 0 Å². The molecule has 0 fully saturated rings. The Morgan fingerprint density at radius 1 is 1.65 bits per heavy atom. The number of thiophene rings is 1. The molecule has 5 N–H and O–H groups in total. The highest BCUT2D eigenvalue weighted by atomic mass is 32.1. The van der Waals surface area contributed by atoms with Gasteiger partial charge in [0.15, 0.2) is 0 Å². The van der Waals surface area contributed by atoms with Gasteiger partial charge in [0.25, 0.3) is 0 Å². The number of carbonyl (C=O) groups is 1. The first-order valence-corrected chi connectivity index (χ1v) is 7.46. The van der Waals surface area contributed by atoms with Crippen molar-refractivity contribution in [2.24, 2.45) is 5.73 Å². The van der Waals surface area contributed by atoms with E-state index in [1.807, 2.05) is 0 Å². The molecule has 2 atom stereocenters. The monoisotopic (exact) mass is 278 g/mol. The highest BCUT2D eigenvalue weighted by molar-refractivity contribution is 7.52. The van der Waals surface area contributed by atoms with E-state index in [1.165, 1.54) is 25.2 Å². The number of carbonyl (C=O) groups excluding carboxylic acids is 1. The summed E-state index contributed by atoms with van der Waals surface area (Å²) >= 11 is 1.39. The lowest BCUT2D eigenvalue weighted by atomic mass is 9.95. The zero-order valence-electron chi connectivity index (χ0n) is 9.45. The van der Waals surface area contributed by atoms with Crippen molar-refractivity contribution in [2.45, 2.75) is 25.2 Å². The Morgan fingerprint density at radius 3 is 2.65 bits per heavy atom. The average Bonchev–Trinajstić information content (AvgIpc) is 2.68. The van der Waals surface area contributed by atoms with Gasteiger partial charge in [-0.1, -0.05) is 0 Å². The molecule has 1 amide bonds.